The Bertz CT molecular complexity index is 665. The fourth-order valence-electron chi connectivity index (χ4n) is 2.60. The second kappa shape index (κ2) is 7.42. The van der Waals surface area contributed by atoms with E-state index in [-0.39, 0.29) is 5.91 Å². The molecule has 7 heteroatoms. The Kier molecular flexibility index (Phi) is 5.78. The number of nitrogens with zero attached hydrogens (tertiary/aromatic N) is 2. The molecular formula is C16H25N3O3S. The van der Waals surface area contributed by atoms with Crippen molar-refractivity contribution in [3.8, 4) is 0 Å². The third-order valence-electron chi connectivity index (χ3n) is 4.28. The van der Waals surface area contributed by atoms with Crippen molar-refractivity contribution < 1.29 is 13.2 Å². The predicted molar refractivity (Wildman–Crippen MR) is 91.1 cm³/mol. The summed E-state index contributed by atoms with van der Waals surface area (Å²) < 4.78 is 24.4. The van der Waals surface area contributed by atoms with E-state index in [1.165, 1.54) is 16.1 Å². The molecule has 1 aliphatic heterocycles. The van der Waals surface area contributed by atoms with Gasteiger partial charge in [0.05, 0.1) is 6.26 Å². The van der Waals surface area contributed by atoms with Gasteiger partial charge in [-0.15, -0.1) is 0 Å². The first-order valence-corrected chi connectivity index (χ1v) is 9.65. The molecule has 0 bridgehead atoms. The second-order valence-electron chi connectivity index (χ2n) is 6.06. The highest BCUT2D eigenvalue weighted by atomic mass is 32.2. The molecule has 0 saturated carbocycles. The molecule has 23 heavy (non-hydrogen) atoms. The van der Waals surface area contributed by atoms with Crippen LogP contribution < -0.4 is 5.32 Å². The number of benzene rings is 1. The van der Waals surface area contributed by atoms with E-state index in [0.717, 1.165) is 12.1 Å². The highest BCUT2D eigenvalue weighted by Gasteiger charge is 2.22. The number of hydrogen-bond donors (Lipinski definition) is 1. The molecule has 1 aliphatic rings. The molecule has 1 aromatic carbocycles. The highest BCUT2D eigenvalue weighted by molar-refractivity contribution is 7.88. The Morgan fingerprint density at radius 1 is 1.13 bits per heavy atom. The molecule has 0 atom stereocenters. The summed E-state index contributed by atoms with van der Waals surface area (Å²) in [5.74, 6) is -0.0668. The first-order valence-electron chi connectivity index (χ1n) is 7.80. The van der Waals surface area contributed by atoms with E-state index in [9.17, 15) is 13.2 Å². The van der Waals surface area contributed by atoms with Crippen molar-refractivity contribution >= 4 is 15.9 Å². The summed E-state index contributed by atoms with van der Waals surface area (Å²) in [7, 11) is -3.09. The monoisotopic (exact) mass is 339 g/mol. The van der Waals surface area contributed by atoms with Crippen LogP contribution in [0.1, 0.15) is 21.5 Å². The third kappa shape index (κ3) is 5.02. The Balaban J connectivity index is 1.75. The molecule has 2 rings (SSSR count). The van der Waals surface area contributed by atoms with Crippen molar-refractivity contribution in [2.24, 2.45) is 0 Å². The van der Waals surface area contributed by atoms with Crippen LogP contribution in [-0.4, -0.2) is 69.1 Å². The molecule has 0 spiro atoms. The fraction of sp³-hybridized carbons (Fsp3) is 0.562. The Morgan fingerprint density at radius 2 is 1.78 bits per heavy atom. The number of carbonyl (C=O) groups is 1. The highest BCUT2D eigenvalue weighted by Crippen LogP contribution is 2.09. The van der Waals surface area contributed by atoms with E-state index >= 15 is 0 Å². The first-order chi connectivity index (χ1) is 10.8. The smallest absolute Gasteiger partial charge is 0.251 e. The fourth-order valence-corrected chi connectivity index (χ4v) is 3.42. The van der Waals surface area contributed by atoms with Crippen molar-refractivity contribution in [3.63, 3.8) is 0 Å². The van der Waals surface area contributed by atoms with Crippen LogP contribution in [-0.2, 0) is 10.0 Å². The van der Waals surface area contributed by atoms with Crippen LogP contribution in [0.25, 0.3) is 0 Å². The lowest BCUT2D eigenvalue weighted by Crippen LogP contribution is -2.49. The third-order valence-corrected chi connectivity index (χ3v) is 5.59. The molecule has 1 aromatic rings. The van der Waals surface area contributed by atoms with Crippen LogP contribution >= 0.6 is 0 Å². The Morgan fingerprint density at radius 3 is 2.35 bits per heavy atom. The topological polar surface area (TPSA) is 69.7 Å². The number of hydrogen-bond acceptors (Lipinski definition) is 4. The molecule has 1 amide bonds. The van der Waals surface area contributed by atoms with Crippen molar-refractivity contribution in [2.45, 2.75) is 13.8 Å². The second-order valence-corrected chi connectivity index (χ2v) is 8.04. The van der Waals surface area contributed by atoms with Crippen LogP contribution in [0.2, 0.25) is 0 Å². The molecule has 1 fully saturated rings. The number of amides is 1. The van der Waals surface area contributed by atoms with Crippen LogP contribution in [0.3, 0.4) is 0 Å². The normalized spacial score (nSPS) is 17.2. The van der Waals surface area contributed by atoms with Gasteiger partial charge in [-0.05, 0) is 37.1 Å². The number of sulfonamides is 1. The standard InChI is InChI=1S/C16H25N3O3S/c1-13-4-5-15(12-14(13)2)16(20)17-6-7-18-8-10-19(11-9-18)23(3,21)22/h4-5,12H,6-11H2,1-3H3,(H,17,20). The van der Waals surface area contributed by atoms with Gasteiger partial charge in [0.2, 0.25) is 10.0 Å². The average molecular weight is 339 g/mol. The molecule has 0 radical (unpaired) electrons. The van der Waals surface area contributed by atoms with Crippen LogP contribution in [0, 0.1) is 13.8 Å². The summed E-state index contributed by atoms with van der Waals surface area (Å²) in [6.07, 6.45) is 1.24. The molecule has 1 heterocycles. The molecule has 0 aliphatic carbocycles. The van der Waals surface area contributed by atoms with E-state index in [0.29, 0.717) is 38.3 Å². The SMILES string of the molecule is Cc1ccc(C(=O)NCCN2CCN(S(C)(=O)=O)CC2)cc1C. The maximum Gasteiger partial charge on any atom is 0.251 e. The summed E-state index contributed by atoms with van der Waals surface area (Å²) in [6, 6.07) is 5.69. The molecule has 0 aromatic heterocycles. The molecule has 1 saturated heterocycles. The van der Waals surface area contributed by atoms with Crippen molar-refractivity contribution in [2.75, 3.05) is 45.5 Å². The summed E-state index contributed by atoms with van der Waals surface area (Å²) in [5, 5.41) is 2.92. The van der Waals surface area contributed by atoms with Crippen molar-refractivity contribution in [3.05, 3.63) is 34.9 Å². The number of piperazine rings is 1. The van der Waals surface area contributed by atoms with Gasteiger partial charge in [0.25, 0.3) is 5.91 Å². The van der Waals surface area contributed by atoms with E-state index < -0.39 is 10.0 Å². The van der Waals surface area contributed by atoms with Crippen LogP contribution in [0.5, 0.6) is 0 Å². The molecule has 1 N–H and O–H groups in total. The first kappa shape index (κ1) is 17.9. The van der Waals surface area contributed by atoms with Gasteiger partial charge in [-0.3, -0.25) is 9.69 Å². The zero-order valence-corrected chi connectivity index (χ0v) is 14.8. The summed E-state index contributed by atoms with van der Waals surface area (Å²) in [5.41, 5.74) is 2.95. The van der Waals surface area contributed by atoms with Gasteiger partial charge >= 0.3 is 0 Å². The van der Waals surface area contributed by atoms with E-state index in [1.54, 1.807) is 0 Å². The van der Waals surface area contributed by atoms with Gasteiger partial charge in [-0.25, -0.2) is 8.42 Å². The van der Waals surface area contributed by atoms with Gasteiger partial charge in [0.15, 0.2) is 0 Å². The quantitative estimate of drug-likeness (QED) is 0.853. The van der Waals surface area contributed by atoms with Gasteiger partial charge < -0.3 is 5.32 Å². The zero-order chi connectivity index (χ0) is 17.0. The minimum atomic E-state index is -3.09. The van der Waals surface area contributed by atoms with Crippen LogP contribution in [0.15, 0.2) is 18.2 Å². The number of nitrogens with one attached hydrogen (secondary N) is 1. The van der Waals surface area contributed by atoms with Gasteiger partial charge in [-0.2, -0.15) is 4.31 Å². The van der Waals surface area contributed by atoms with Gasteiger partial charge in [-0.1, -0.05) is 6.07 Å². The molecule has 0 unspecified atom stereocenters. The van der Waals surface area contributed by atoms with E-state index in [2.05, 4.69) is 10.2 Å². The van der Waals surface area contributed by atoms with E-state index in [4.69, 9.17) is 0 Å². The minimum Gasteiger partial charge on any atom is -0.351 e. The van der Waals surface area contributed by atoms with Gasteiger partial charge in [0, 0.05) is 44.8 Å². The lowest BCUT2D eigenvalue weighted by atomic mass is 10.1. The molecule has 128 valence electrons. The van der Waals surface area contributed by atoms with Crippen molar-refractivity contribution in [1.29, 1.82) is 0 Å². The predicted octanol–water partition coefficient (Wildman–Crippen LogP) is 0.610. The largest absolute Gasteiger partial charge is 0.351 e. The van der Waals surface area contributed by atoms with Crippen LogP contribution in [0.4, 0.5) is 0 Å². The minimum absolute atomic E-state index is 0.0668. The van der Waals surface area contributed by atoms with E-state index in [1.807, 2.05) is 32.0 Å². The lowest BCUT2D eigenvalue weighted by molar-refractivity contribution is 0.0945. The number of carbonyl (C=O) groups excluding carboxylic acids is 1. The summed E-state index contributed by atoms with van der Waals surface area (Å²) >= 11 is 0. The maximum atomic E-state index is 12.1. The Labute approximate surface area is 138 Å². The Hall–Kier alpha value is -1.44. The number of aryl methyl sites for hydroxylation is 2. The lowest BCUT2D eigenvalue weighted by Gasteiger charge is -2.33. The van der Waals surface area contributed by atoms with Crippen molar-refractivity contribution in [1.82, 2.24) is 14.5 Å². The average Bonchev–Trinajstić information content (AvgIpc) is 2.49. The number of rotatable bonds is 5. The van der Waals surface area contributed by atoms with Gasteiger partial charge in [0.1, 0.15) is 0 Å². The summed E-state index contributed by atoms with van der Waals surface area (Å²) in [4.78, 5) is 14.3. The maximum absolute atomic E-state index is 12.1. The summed E-state index contributed by atoms with van der Waals surface area (Å²) in [6.45, 7) is 7.74. The zero-order valence-electron chi connectivity index (χ0n) is 14.0. The molecular weight excluding hydrogens is 314 g/mol. The molecule has 6 nitrogen and oxygen atoms in total.